The fourth-order valence-electron chi connectivity index (χ4n) is 2.24. The molecule has 2 N–H and O–H groups in total. The van der Waals surface area contributed by atoms with Gasteiger partial charge in [-0.1, -0.05) is 13.5 Å². The van der Waals surface area contributed by atoms with Gasteiger partial charge in [-0.25, -0.2) is 9.78 Å². The van der Waals surface area contributed by atoms with Crippen molar-refractivity contribution in [3.05, 3.63) is 36.2 Å². The van der Waals surface area contributed by atoms with Crippen LogP contribution in [0.5, 0.6) is 0 Å². The van der Waals surface area contributed by atoms with E-state index < -0.39 is 0 Å². The predicted octanol–water partition coefficient (Wildman–Crippen LogP) is 3.35. The van der Waals surface area contributed by atoms with Gasteiger partial charge >= 0.3 is 5.97 Å². The molecule has 0 saturated heterocycles. The molecule has 0 fully saturated rings. The van der Waals surface area contributed by atoms with E-state index in [1.54, 1.807) is 6.92 Å². The predicted molar refractivity (Wildman–Crippen MR) is 93.7 cm³/mol. The van der Waals surface area contributed by atoms with E-state index in [0.717, 1.165) is 29.0 Å². The minimum atomic E-state index is -0.368. The second-order valence-electron chi connectivity index (χ2n) is 5.73. The van der Waals surface area contributed by atoms with Gasteiger partial charge in [0.2, 0.25) is 5.91 Å². The first-order valence-electron chi connectivity index (χ1n) is 8.10. The van der Waals surface area contributed by atoms with E-state index in [4.69, 9.17) is 4.74 Å². The number of amides is 1. The number of hydrogen-bond acceptors (Lipinski definition) is 4. The van der Waals surface area contributed by atoms with Gasteiger partial charge in [-0.05, 0) is 38.0 Å². The molecule has 0 bridgehead atoms. The van der Waals surface area contributed by atoms with Crippen molar-refractivity contribution in [1.29, 1.82) is 0 Å². The van der Waals surface area contributed by atoms with E-state index >= 15 is 0 Å². The molecule has 2 aromatic rings. The Kier molecular flexibility index (Phi) is 6.12. The third kappa shape index (κ3) is 4.94. The Bertz CT molecular complexity index is 749. The van der Waals surface area contributed by atoms with Crippen molar-refractivity contribution in [3.8, 4) is 0 Å². The minimum absolute atomic E-state index is 0.0101. The Balaban J connectivity index is 1.92. The molecule has 0 aliphatic rings. The molecule has 0 unspecified atom stereocenters. The lowest BCUT2D eigenvalue weighted by molar-refractivity contribution is -0.139. The smallest absolute Gasteiger partial charge is 0.333 e. The van der Waals surface area contributed by atoms with Crippen molar-refractivity contribution in [2.24, 2.45) is 0 Å². The second-order valence-corrected chi connectivity index (χ2v) is 5.73. The van der Waals surface area contributed by atoms with Crippen molar-refractivity contribution in [2.75, 3.05) is 11.9 Å². The maximum Gasteiger partial charge on any atom is 0.333 e. The van der Waals surface area contributed by atoms with Crippen molar-refractivity contribution < 1.29 is 14.3 Å². The molecular weight excluding hydrogens is 306 g/mol. The second kappa shape index (κ2) is 8.29. The lowest BCUT2D eigenvalue weighted by Crippen LogP contribution is -2.10. The standard InChI is InChI=1S/C18H23N3O3/c1-4-6-17(22)19-13-8-9-14-15(11-13)21-16(20-14)7-5-10-24-18(23)12(2)3/h8-9,11H,2,4-7,10H2,1,3H3,(H,19,22)(H,20,21). The number of carbonyl (C=O) groups excluding carboxylic acids is 2. The van der Waals surface area contributed by atoms with Crippen molar-refractivity contribution in [1.82, 2.24) is 9.97 Å². The summed E-state index contributed by atoms with van der Waals surface area (Å²) in [6, 6.07) is 5.59. The van der Waals surface area contributed by atoms with E-state index in [2.05, 4.69) is 21.9 Å². The molecule has 0 radical (unpaired) electrons. The van der Waals surface area contributed by atoms with Crippen LogP contribution >= 0.6 is 0 Å². The van der Waals surface area contributed by atoms with Gasteiger partial charge < -0.3 is 15.0 Å². The first-order valence-corrected chi connectivity index (χ1v) is 8.10. The molecule has 128 valence electrons. The topological polar surface area (TPSA) is 84.1 Å². The number of esters is 1. The normalized spacial score (nSPS) is 10.6. The number of rotatable bonds is 8. The molecular formula is C18H23N3O3. The number of aromatic nitrogens is 2. The van der Waals surface area contributed by atoms with Crippen LogP contribution in [0, 0.1) is 0 Å². The third-order valence-electron chi connectivity index (χ3n) is 3.43. The van der Waals surface area contributed by atoms with Crippen molar-refractivity contribution in [3.63, 3.8) is 0 Å². The number of fused-ring (bicyclic) bond motifs is 1. The van der Waals surface area contributed by atoms with Crippen LogP contribution in [0.15, 0.2) is 30.4 Å². The summed E-state index contributed by atoms with van der Waals surface area (Å²) >= 11 is 0. The average Bonchev–Trinajstić information content (AvgIpc) is 2.93. The molecule has 0 atom stereocenters. The number of imidazole rings is 1. The first kappa shape index (κ1) is 17.7. The number of nitrogens with zero attached hydrogens (tertiary/aromatic N) is 1. The van der Waals surface area contributed by atoms with Gasteiger partial charge in [0.1, 0.15) is 5.82 Å². The summed E-state index contributed by atoms with van der Waals surface area (Å²) in [6.45, 7) is 7.47. The Morgan fingerprint density at radius 3 is 2.88 bits per heavy atom. The van der Waals surface area contributed by atoms with Gasteiger partial charge in [0.05, 0.1) is 17.6 Å². The zero-order valence-electron chi connectivity index (χ0n) is 14.1. The van der Waals surface area contributed by atoms with Gasteiger partial charge in [0.15, 0.2) is 0 Å². The van der Waals surface area contributed by atoms with E-state index in [-0.39, 0.29) is 11.9 Å². The van der Waals surface area contributed by atoms with Crippen LogP contribution in [-0.4, -0.2) is 28.5 Å². The summed E-state index contributed by atoms with van der Waals surface area (Å²) in [6.07, 6.45) is 2.68. The number of H-pyrrole nitrogens is 1. The van der Waals surface area contributed by atoms with Crippen LogP contribution in [0.4, 0.5) is 5.69 Å². The minimum Gasteiger partial charge on any atom is -0.462 e. The van der Waals surface area contributed by atoms with E-state index in [1.165, 1.54) is 0 Å². The van der Waals surface area contributed by atoms with Gasteiger partial charge in [-0.3, -0.25) is 4.79 Å². The van der Waals surface area contributed by atoms with Gasteiger partial charge in [0.25, 0.3) is 0 Å². The molecule has 1 heterocycles. The maximum absolute atomic E-state index is 11.6. The molecule has 0 spiro atoms. The number of anilines is 1. The lowest BCUT2D eigenvalue weighted by atomic mass is 10.2. The number of benzene rings is 1. The van der Waals surface area contributed by atoms with Crippen LogP contribution in [0.3, 0.4) is 0 Å². The highest BCUT2D eigenvalue weighted by molar-refractivity contribution is 5.93. The van der Waals surface area contributed by atoms with E-state index in [9.17, 15) is 9.59 Å². The Morgan fingerprint density at radius 1 is 1.38 bits per heavy atom. The van der Waals surface area contributed by atoms with Gasteiger partial charge in [-0.15, -0.1) is 0 Å². The maximum atomic E-state index is 11.6. The zero-order valence-corrected chi connectivity index (χ0v) is 14.1. The van der Waals surface area contributed by atoms with E-state index in [0.29, 0.717) is 31.4 Å². The van der Waals surface area contributed by atoms with E-state index in [1.807, 2.05) is 25.1 Å². The number of aromatic amines is 1. The molecule has 0 aliphatic heterocycles. The largest absolute Gasteiger partial charge is 0.462 e. The van der Waals surface area contributed by atoms with Crippen LogP contribution < -0.4 is 5.32 Å². The quantitative estimate of drug-likeness (QED) is 0.442. The first-order chi connectivity index (χ1) is 11.5. The van der Waals surface area contributed by atoms with Gasteiger partial charge in [-0.2, -0.15) is 0 Å². The van der Waals surface area contributed by atoms with Crippen LogP contribution in [0.25, 0.3) is 11.0 Å². The molecule has 1 aromatic carbocycles. The Morgan fingerprint density at radius 2 is 2.17 bits per heavy atom. The molecule has 6 heteroatoms. The highest BCUT2D eigenvalue weighted by Gasteiger charge is 2.07. The SMILES string of the molecule is C=C(C)C(=O)OCCCc1nc2ccc(NC(=O)CCC)cc2[nH]1. The van der Waals surface area contributed by atoms with Crippen LogP contribution in [-0.2, 0) is 20.7 Å². The summed E-state index contributed by atoms with van der Waals surface area (Å²) < 4.78 is 5.06. The molecule has 1 aromatic heterocycles. The monoisotopic (exact) mass is 329 g/mol. The fraction of sp³-hybridized carbons (Fsp3) is 0.389. The Labute approximate surface area is 141 Å². The molecule has 0 saturated carbocycles. The lowest BCUT2D eigenvalue weighted by Gasteiger charge is -2.03. The van der Waals surface area contributed by atoms with Crippen molar-refractivity contribution in [2.45, 2.75) is 39.5 Å². The Hall–Kier alpha value is -2.63. The summed E-state index contributed by atoms with van der Waals surface area (Å²) in [5.74, 6) is 0.469. The summed E-state index contributed by atoms with van der Waals surface area (Å²) in [4.78, 5) is 30.7. The molecule has 0 aliphatic carbocycles. The number of aryl methyl sites for hydroxylation is 1. The molecule has 24 heavy (non-hydrogen) atoms. The molecule has 1 amide bonds. The molecule has 6 nitrogen and oxygen atoms in total. The summed E-state index contributed by atoms with van der Waals surface area (Å²) in [7, 11) is 0. The van der Waals surface area contributed by atoms with Crippen LogP contribution in [0.1, 0.15) is 38.9 Å². The number of hydrogen-bond donors (Lipinski definition) is 2. The average molecular weight is 329 g/mol. The third-order valence-corrected chi connectivity index (χ3v) is 3.43. The number of ether oxygens (including phenoxy) is 1. The zero-order chi connectivity index (χ0) is 17.5. The number of carbonyl (C=O) groups is 2. The highest BCUT2D eigenvalue weighted by Crippen LogP contribution is 2.18. The summed E-state index contributed by atoms with van der Waals surface area (Å²) in [5.41, 5.74) is 2.87. The van der Waals surface area contributed by atoms with Gasteiger partial charge in [0, 0.05) is 24.1 Å². The van der Waals surface area contributed by atoms with Crippen LogP contribution in [0.2, 0.25) is 0 Å². The fourth-order valence-corrected chi connectivity index (χ4v) is 2.24. The molecule has 2 rings (SSSR count). The highest BCUT2D eigenvalue weighted by atomic mass is 16.5. The summed E-state index contributed by atoms with van der Waals surface area (Å²) in [5, 5.41) is 2.87. The van der Waals surface area contributed by atoms with Crippen molar-refractivity contribution >= 4 is 28.6 Å². The number of nitrogens with one attached hydrogen (secondary N) is 2.